The lowest BCUT2D eigenvalue weighted by Gasteiger charge is -2.24. The van der Waals surface area contributed by atoms with Gasteiger partial charge in [0.1, 0.15) is 0 Å². The Hall–Kier alpha value is -2.74. The van der Waals surface area contributed by atoms with E-state index in [2.05, 4.69) is 10.6 Å². The van der Waals surface area contributed by atoms with Crippen LogP contribution in [-0.4, -0.2) is 58.8 Å². The van der Waals surface area contributed by atoms with Gasteiger partial charge in [-0.15, -0.1) is 0 Å². The van der Waals surface area contributed by atoms with Gasteiger partial charge in [0.25, 0.3) is 0 Å². The lowest BCUT2D eigenvalue weighted by atomic mass is 9.82. The van der Waals surface area contributed by atoms with Crippen LogP contribution in [0.1, 0.15) is 38.8 Å². The minimum absolute atomic E-state index is 0.0342. The quantitative estimate of drug-likeness (QED) is 0.421. The van der Waals surface area contributed by atoms with E-state index < -0.39 is 18.8 Å². The van der Waals surface area contributed by atoms with Crippen LogP contribution in [0.25, 0.3) is 0 Å². The number of aliphatic hydroxyl groups is 3. The van der Waals surface area contributed by atoms with Crippen molar-refractivity contribution in [2.24, 2.45) is 0 Å². The monoisotopic (exact) mass is 370 g/mol. The number of hydrogen-bond donors (Lipinski definition) is 5. The molecule has 142 valence electrons. The van der Waals surface area contributed by atoms with E-state index in [9.17, 15) is 19.8 Å². The summed E-state index contributed by atoms with van der Waals surface area (Å²) in [5, 5.41) is 34.1. The Kier molecular flexibility index (Phi) is 5.55. The van der Waals surface area contributed by atoms with Crippen LogP contribution < -0.4 is 10.6 Å². The average molecular weight is 370 g/mol. The second-order valence-corrected chi connectivity index (χ2v) is 6.56. The summed E-state index contributed by atoms with van der Waals surface area (Å²) < 4.78 is 0. The molecule has 0 heterocycles. The molecule has 1 aliphatic carbocycles. The maximum absolute atomic E-state index is 13.1. The standard InChI is InChI=1S/C20H22N2O5/c1-11(24)8-21-15-6-7-16(22-9-12(25)10-23)18-17(15)19(26)13-4-2-3-5-14(13)20(18)27/h2-7,11-12,21-25H,8-10H2,1H3. The molecule has 1 aliphatic rings. The molecule has 0 aliphatic heterocycles. The summed E-state index contributed by atoms with van der Waals surface area (Å²) in [5.41, 5.74) is 2.00. The largest absolute Gasteiger partial charge is 0.394 e. The molecule has 2 atom stereocenters. The topological polar surface area (TPSA) is 119 Å². The number of carbonyl (C=O) groups excluding carboxylic acids is 2. The molecule has 3 rings (SSSR count). The van der Waals surface area contributed by atoms with Gasteiger partial charge in [0.2, 0.25) is 0 Å². The zero-order valence-electron chi connectivity index (χ0n) is 14.9. The maximum Gasteiger partial charge on any atom is 0.196 e. The first-order chi connectivity index (χ1) is 12.9. The molecule has 0 spiro atoms. The number of nitrogens with one attached hydrogen (secondary N) is 2. The highest BCUT2D eigenvalue weighted by molar-refractivity contribution is 6.31. The number of ketones is 2. The van der Waals surface area contributed by atoms with Crippen molar-refractivity contribution in [1.82, 2.24) is 0 Å². The van der Waals surface area contributed by atoms with Crippen molar-refractivity contribution in [3.05, 3.63) is 58.7 Å². The highest BCUT2D eigenvalue weighted by Gasteiger charge is 2.33. The number of fused-ring (bicyclic) bond motifs is 2. The van der Waals surface area contributed by atoms with Crippen LogP contribution in [0.15, 0.2) is 36.4 Å². The van der Waals surface area contributed by atoms with E-state index in [0.717, 1.165) is 0 Å². The Balaban J connectivity index is 2.10. The Morgan fingerprint density at radius 2 is 1.33 bits per heavy atom. The molecule has 2 unspecified atom stereocenters. The number of rotatable bonds is 7. The maximum atomic E-state index is 13.1. The fraction of sp³-hybridized carbons (Fsp3) is 0.300. The summed E-state index contributed by atoms with van der Waals surface area (Å²) in [4.78, 5) is 26.2. The van der Waals surface area contributed by atoms with E-state index in [1.165, 1.54) is 0 Å². The third kappa shape index (κ3) is 3.71. The first kappa shape index (κ1) is 19.0. The second-order valence-electron chi connectivity index (χ2n) is 6.56. The molecule has 0 fully saturated rings. The smallest absolute Gasteiger partial charge is 0.196 e. The van der Waals surface area contributed by atoms with E-state index in [0.29, 0.717) is 22.5 Å². The highest BCUT2D eigenvalue weighted by atomic mass is 16.3. The van der Waals surface area contributed by atoms with Crippen molar-refractivity contribution in [2.75, 3.05) is 30.3 Å². The molecule has 2 aromatic carbocycles. The SMILES string of the molecule is CC(O)CNc1ccc(NCC(O)CO)c2c1C(=O)c1ccccc1C2=O. The van der Waals surface area contributed by atoms with Crippen LogP contribution in [0.5, 0.6) is 0 Å². The molecule has 7 heteroatoms. The molecule has 27 heavy (non-hydrogen) atoms. The predicted octanol–water partition coefficient (Wildman–Crippen LogP) is 1.02. The van der Waals surface area contributed by atoms with Gasteiger partial charge in [-0.1, -0.05) is 24.3 Å². The molecule has 0 saturated carbocycles. The van der Waals surface area contributed by atoms with Gasteiger partial charge in [-0.25, -0.2) is 0 Å². The zero-order valence-corrected chi connectivity index (χ0v) is 14.9. The van der Waals surface area contributed by atoms with Crippen molar-refractivity contribution < 1.29 is 24.9 Å². The molecule has 0 saturated heterocycles. The number of carbonyl (C=O) groups is 2. The summed E-state index contributed by atoms with van der Waals surface area (Å²) in [6.07, 6.45) is -1.62. The molecular weight excluding hydrogens is 348 g/mol. The zero-order chi connectivity index (χ0) is 19.6. The molecule has 5 N–H and O–H groups in total. The van der Waals surface area contributed by atoms with Crippen molar-refractivity contribution >= 4 is 22.9 Å². The molecule has 2 aromatic rings. The van der Waals surface area contributed by atoms with Crippen LogP contribution in [0, 0.1) is 0 Å². The minimum atomic E-state index is -0.990. The third-order valence-electron chi connectivity index (χ3n) is 4.40. The van der Waals surface area contributed by atoms with Gasteiger partial charge < -0.3 is 26.0 Å². The van der Waals surface area contributed by atoms with Gasteiger partial charge in [-0.3, -0.25) is 9.59 Å². The van der Waals surface area contributed by atoms with Crippen molar-refractivity contribution in [2.45, 2.75) is 19.1 Å². The van der Waals surface area contributed by atoms with Gasteiger partial charge in [0.05, 0.1) is 29.9 Å². The van der Waals surface area contributed by atoms with Crippen LogP contribution in [-0.2, 0) is 0 Å². The minimum Gasteiger partial charge on any atom is -0.394 e. The van der Waals surface area contributed by atoms with E-state index in [4.69, 9.17) is 5.11 Å². The third-order valence-corrected chi connectivity index (χ3v) is 4.40. The van der Waals surface area contributed by atoms with E-state index >= 15 is 0 Å². The van der Waals surface area contributed by atoms with Crippen molar-refractivity contribution in [3.63, 3.8) is 0 Å². The molecule has 0 bridgehead atoms. The van der Waals surface area contributed by atoms with Crippen LogP contribution in [0.4, 0.5) is 11.4 Å². The summed E-state index contributed by atoms with van der Waals surface area (Å²) in [7, 11) is 0. The predicted molar refractivity (Wildman–Crippen MR) is 102 cm³/mol. The van der Waals surface area contributed by atoms with Crippen LogP contribution in [0.2, 0.25) is 0 Å². The van der Waals surface area contributed by atoms with Crippen LogP contribution in [0.3, 0.4) is 0 Å². The first-order valence-corrected chi connectivity index (χ1v) is 8.74. The van der Waals surface area contributed by atoms with Gasteiger partial charge in [-0.2, -0.15) is 0 Å². The number of aliphatic hydroxyl groups excluding tert-OH is 3. The van der Waals surface area contributed by atoms with E-state index in [-0.39, 0.29) is 35.8 Å². The summed E-state index contributed by atoms with van der Waals surface area (Å²) in [6, 6.07) is 9.94. The van der Waals surface area contributed by atoms with Crippen molar-refractivity contribution in [1.29, 1.82) is 0 Å². The van der Waals surface area contributed by atoms with Crippen LogP contribution >= 0.6 is 0 Å². The highest BCUT2D eigenvalue weighted by Crippen LogP contribution is 2.36. The summed E-state index contributed by atoms with van der Waals surface area (Å²) in [6.45, 7) is 1.46. The fourth-order valence-corrected chi connectivity index (χ4v) is 3.07. The molecule has 0 aromatic heterocycles. The summed E-state index contributed by atoms with van der Waals surface area (Å²) >= 11 is 0. The second kappa shape index (κ2) is 7.87. The fourth-order valence-electron chi connectivity index (χ4n) is 3.07. The van der Waals surface area contributed by atoms with Gasteiger partial charge in [-0.05, 0) is 19.1 Å². The van der Waals surface area contributed by atoms with E-state index in [1.807, 2.05) is 0 Å². The Labute approximate surface area is 156 Å². The lowest BCUT2D eigenvalue weighted by molar-refractivity contribution is 0.0979. The molecule has 0 amide bonds. The van der Waals surface area contributed by atoms with Gasteiger partial charge in [0.15, 0.2) is 11.6 Å². The van der Waals surface area contributed by atoms with E-state index in [1.54, 1.807) is 43.3 Å². The number of benzene rings is 2. The normalized spacial score (nSPS) is 15.0. The molecule has 7 nitrogen and oxygen atoms in total. The summed E-state index contributed by atoms with van der Waals surface area (Å²) in [5.74, 6) is -0.568. The number of hydrogen-bond acceptors (Lipinski definition) is 7. The average Bonchev–Trinajstić information content (AvgIpc) is 2.68. The molecular formula is C20H22N2O5. The Bertz CT molecular complexity index is 879. The first-order valence-electron chi connectivity index (χ1n) is 8.74. The van der Waals surface area contributed by atoms with Crippen molar-refractivity contribution in [3.8, 4) is 0 Å². The van der Waals surface area contributed by atoms with Gasteiger partial charge in [0, 0.05) is 35.6 Å². The number of anilines is 2. The lowest BCUT2D eigenvalue weighted by Crippen LogP contribution is -2.28. The Morgan fingerprint density at radius 1 is 0.852 bits per heavy atom. The molecule has 0 radical (unpaired) electrons. The Morgan fingerprint density at radius 3 is 1.78 bits per heavy atom. The van der Waals surface area contributed by atoms with Gasteiger partial charge >= 0.3 is 0 Å².